The van der Waals surface area contributed by atoms with Crippen LogP contribution in [0.1, 0.15) is 11.5 Å². The predicted octanol–water partition coefficient (Wildman–Crippen LogP) is 0.999. The molecule has 0 bridgehead atoms. The third kappa shape index (κ3) is 1.82. The number of H-pyrrole nitrogens is 1. The Balaban J connectivity index is 2.76. The van der Waals surface area contributed by atoms with Crippen molar-refractivity contribution in [3.05, 3.63) is 17.7 Å². The van der Waals surface area contributed by atoms with E-state index in [1.165, 1.54) is 0 Å². The Morgan fingerprint density at radius 2 is 2.60 bits per heavy atom. The zero-order valence-electron chi connectivity index (χ0n) is 5.68. The Bertz CT molecular complexity index is 267. The molecule has 0 aliphatic rings. The normalized spacial score (nSPS) is 8.60. The van der Waals surface area contributed by atoms with E-state index in [0.29, 0.717) is 5.75 Å². The lowest BCUT2D eigenvalue weighted by molar-refractivity contribution is 1.14. The van der Waals surface area contributed by atoms with Gasteiger partial charge in [-0.3, -0.25) is 0 Å². The van der Waals surface area contributed by atoms with Crippen molar-refractivity contribution in [2.75, 3.05) is 5.75 Å². The Morgan fingerprint density at radius 3 is 3.10 bits per heavy atom. The lowest BCUT2D eigenvalue weighted by Gasteiger charge is -1.76. The van der Waals surface area contributed by atoms with Gasteiger partial charge in [-0.25, -0.2) is 4.98 Å². The molecule has 0 radical (unpaired) electrons. The van der Waals surface area contributed by atoms with Crippen LogP contribution in [0.2, 0.25) is 0 Å². The number of imidazole rings is 1. The average molecular weight is 152 g/mol. The van der Waals surface area contributed by atoms with Gasteiger partial charge in [0.1, 0.15) is 11.5 Å². The van der Waals surface area contributed by atoms with Crippen molar-refractivity contribution in [2.45, 2.75) is 6.92 Å². The molecule has 3 heteroatoms. The Kier molecular flexibility index (Phi) is 2.41. The maximum absolute atomic E-state index is 3.99. The van der Waals surface area contributed by atoms with E-state index < -0.39 is 0 Å². The van der Waals surface area contributed by atoms with Crippen LogP contribution in [-0.4, -0.2) is 15.7 Å². The third-order valence-electron chi connectivity index (χ3n) is 1.00. The average Bonchev–Trinajstić information content (AvgIpc) is 2.31. The fraction of sp³-hybridized carbons (Fsp3) is 0.286. The van der Waals surface area contributed by atoms with Crippen LogP contribution in [-0.2, 0) is 0 Å². The highest BCUT2D eigenvalue weighted by atomic mass is 32.1. The topological polar surface area (TPSA) is 28.7 Å². The van der Waals surface area contributed by atoms with Gasteiger partial charge in [-0.05, 0) is 12.8 Å². The lowest BCUT2D eigenvalue weighted by Crippen LogP contribution is -1.73. The molecule has 0 aromatic carbocycles. The van der Waals surface area contributed by atoms with Crippen molar-refractivity contribution in [1.29, 1.82) is 0 Å². The zero-order valence-corrected chi connectivity index (χ0v) is 6.57. The fourth-order valence-corrected chi connectivity index (χ4v) is 0.698. The van der Waals surface area contributed by atoms with Gasteiger partial charge >= 0.3 is 0 Å². The maximum Gasteiger partial charge on any atom is 0.109 e. The highest BCUT2D eigenvalue weighted by Crippen LogP contribution is 1.91. The second-order valence-electron chi connectivity index (χ2n) is 1.84. The molecule has 10 heavy (non-hydrogen) atoms. The number of thiol groups is 1. The number of hydrogen-bond acceptors (Lipinski definition) is 2. The quantitative estimate of drug-likeness (QED) is 0.421. The number of hydrogen-bond donors (Lipinski definition) is 2. The van der Waals surface area contributed by atoms with E-state index in [1.54, 1.807) is 6.20 Å². The second kappa shape index (κ2) is 3.33. The highest BCUT2D eigenvalue weighted by Gasteiger charge is 1.88. The molecule has 0 spiro atoms. The van der Waals surface area contributed by atoms with Gasteiger partial charge in [-0.15, -0.1) is 0 Å². The summed E-state index contributed by atoms with van der Waals surface area (Å²) in [4.78, 5) is 6.98. The first-order valence-electron chi connectivity index (χ1n) is 2.94. The molecule has 0 aliphatic heterocycles. The van der Waals surface area contributed by atoms with Crippen molar-refractivity contribution >= 4 is 12.6 Å². The molecule has 1 heterocycles. The van der Waals surface area contributed by atoms with Gasteiger partial charge in [-0.1, -0.05) is 5.92 Å². The summed E-state index contributed by atoms with van der Waals surface area (Å²) in [6.07, 6.45) is 1.71. The van der Waals surface area contributed by atoms with E-state index in [2.05, 4.69) is 34.4 Å². The van der Waals surface area contributed by atoms with E-state index in [9.17, 15) is 0 Å². The molecule has 0 saturated heterocycles. The lowest BCUT2D eigenvalue weighted by atomic mass is 10.5. The largest absolute Gasteiger partial charge is 0.336 e. The highest BCUT2D eigenvalue weighted by molar-refractivity contribution is 7.80. The van der Waals surface area contributed by atoms with Crippen LogP contribution in [0.5, 0.6) is 0 Å². The molecule has 0 amide bonds. The van der Waals surface area contributed by atoms with Crippen LogP contribution < -0.4 is 0 Å². The Labute approximate surface area is 65.5 Å². The first kappa shape index (κ1) is 7.23. The van der Waals surface area contributed by atoms with Crippen LogP contribution in [0.4, 0.5) is 0 Å². The van der Waals surface area contributed by atoms with Crippen molar-refractivity contribution in [1.82, 2.24) is 9.97 Å². The van der Waals surface area contributed by atoms with Gasteiger partial charge in [-0.2, -0.15) is 12.6 Å². The molecule has 52 valence electrons. The molecular weight excluding hydrogens is 144 g/mol. The first-order chi connectivity index (χ1) is 4.83. The van der Waals surface area contributed by atoms with Crippen molar-refractivity contribution in [2.24, 2.45) is 0 Å². The van der Waals surface area contributed by atoms with Gasteiger partial charge in [0.2, 0.25) is 0 Å². The fourth-order valence-electron chi connectivity index (χ4n) is 0.619. The van der Waals surface area contributed by atoms with Gasteiger partial charge in [0.15, 0.2) is 0 Å². The summed E-state index contributed by atoms with van der Waals surface area (Å²) in [7, 11) is 0. The summed E-state index contributed by atoms with van der Waals surface area (Å²) in [5, 5.41) is 0. The van der Waals surface area contributed by atoms with E-state index in [4.69, 9.17) is 0 Å². The van der Waals surface area contributed by atoms with E-state index in [0.717, 1.165) is 11.5 Å². The molecule has 0 unspecified atom stereocenters. The van der Waals surface area contributed by atoms with Gasteiger partial charge in [0.25, 0.3) is 0 Å². The minimum atomic E-state index is 0.581. The van der Waals surface area contributed by atoms with Crippen LogP contribution in [0.15, 0.2) is 6.20 Å². The molecule has 2 nitrogen and oxygen atoms in total. The number of aromatic nitrogens is 2. The van der Waals surface area contributed by atoms with Crippen molar-refractivity contribution in [3.8, 4) is 11.8 Å². The molecule has 1 rings (SSSR count). The SMILES string of the molecule is Cc1ncc(C#CCS)[nH]1. The number of nitrogens with one attached hydrogen (secondary N) is 1. The predicted molar refractivity (Wildman–Crippen MR) is 44.1 cm³/mol. The summed E-state index contributed by atoms with van der Waals surface area (Å²) in [6.45, 7) is 1.89. The molecule has 0 saturated carbocycles. The number of aromatic amines is 1. The van der Waals surface area contributed by atoms with Crippen LogP contribution in [0.3, 0.4) is 0 Å². The molecule has 0 fully saturated rings. The number of rotatable bonds is 0. The summed E-state index contributed by atoms with van der Waals surface area (Å²) in [5.41, 5.74) is 0.853. The minimum Gasteiger partial charge on any atom is -0.336 e. The van der Waals surface area contributed by atoms with E-state index in [1.807, 2.05) is 6.92 Å². The molecule has 1 aromatic rings. The van der Waals surface area contributed by atoms with Crippen LogP contribution >= 0.6 is 12.6 Å². The Morgan fingerprint density at radius 1 is 1.80 bits per heavy atom. The summed E-state index contributed by atoms with van der Waals surface area (Å²) in [5.74, 6) is 7.17. The van der Waals surface area contributed by atoms with Gasteiger partial charge in [0, 0.05) is 0 Å². The number of aryl methyl sites for hydroxylation is 1. The molecular formula is C7H8N2S. The van der Waals surface area contributed by atoms with Crippen molar-refractivity contribution < 1.29 is 0 Å². The van der Waals surface area contributed by atoms with Crippen molar-refractivity contribution in [3.63, 3.8) is 0 Å². The molecule has 0 atom stereocenters. The van der Waals surface area contributed by atoms with Gasteiger partial charge in [0.05, 0.1) is 11.9 Å². The minimum absolute atomic E-state index is 0.581. The smallest absolute Gasteiger partial charge is 0.109 e. The molecule has 1 N–H and O–H groups in total. The summed E-state index contributed by atoms with van der Waals surface area (Å²) < 4.78 is 0. The molecule has 0 aliphatic carbocycles. The monoisotopic (exact) mass is 152 g/mol. The van der Waals surface area contributed by atoms with Crippen LogP contribution in [0, 0.1) is 18.8 Å². The second-order valence-corrected chi connectivity index (χ2v) is 2.16. The number of nitrogens with zero attached hydrogens (tertiary/aromatic N) is 1. The summed E-state index contributed by atoms with van der Waals surface area (Å²) in [6, 6.07) is 0. The summed E-state index contributed by atoms with van der Waals surface area (Å²) >= 11 is 3.95. The standard InChI is InChI=1S/C7H8N2S/c1-6-8-5-7(9-6)3-2-4-10/h5,10H,4H2,1H3,(H,8,9). The van der Waals surface area contributed by atoms with E-state index in [-0.39, 0.29) is 0 Å². The maximum atomic E-state index is 3.99. The first-order valence-corrected chi connectivity index (χ1v) is 3.57. The van der Waals surface area contributed by atoms with Gasteiger partial charge < -0.3 is 4.98 Å². The zero-order chi connectivity index (χ0) is 7.40. The Hall–Kier alpha value is -0.880. The third-order valence-corrected chi connectivity index (χ3v) is 1.16. The molecule has 1 aromatic heterocycles. The van der Waals surface area contributed by atoms with Crippen LogP contribution in [0.25, 0.3) is 0 Å². The van der Waals surface area contributed by atoms with E-state index >= 15 is 0 Å².